The predicted molar refractivity (Wildman–Crippen MR) is 112 cm³/mol. The Kier molecular flexibility index (Phi) is 5.47. The van der Waals surface area contributed by atoms with E-state index in [4.69, 9.17) is 4.74 Å². The summed E-state index contributed by atoms with van der Waals surface area (Å²) in [6.07, 6.45) is 16.9. The van der Waals surface area contributed by atoms with Crippen molar-refractivity contribution in [3.63, 3.8) is 0 Å². The zero-order valence-corrected chi connectivity index (χ0v) is 18.4. The van der Waals surface area contributed by atoms with Crippen molar-refractivity contribution in [2.75, 3.05) is 7.11 Å². The highest BCUT2D eigenvalue weighted by atomic mass is 16.5. The third kappa shape index (κ3) is 3.21. The average molecular weight is 377 g/mol. The van der Waals surface area contributed by atoms with E-state index in [2.05, 4.69) is 20.8 Å². The van der Waals surface area contributed by atoms with Crippen LogP contribution in [0.2, 0.25) is 0 Å². The smallest absolute Gasteiger partial charge is 0.0650 e. The van der Waals surface area contributed by atoms with E-state index in [0.717, 1.165) is 42.9 Å². The largest absolute Gasteiger partial charge is 0.390 e. The summed E-state index contributed by atoms with van der Waals surface area (Å²) in [5.41, 5.74) is 0.547. The van der Waals surface area contributed by atoms with E-state index in [-0.39, 0.29) is 5.60 Å². The number of hydrogen-bond acceptors (Lipinski definition) is 2. The van der Waals surface area contributed by atoms with Crippen LogP contribution < -0.4 is 0 Å². The molecule has 2 heteroatoms. The van der Waals surface area contributed by atoms with Crippen LogP contribution in [-0.4, -0.2) is 23.9 Å². The molecule has 0 spiro atoms. The Bertz CT molecular complexity index is 532. The number of unbranched alkanes of at least 4 members (excludes halogenated alkanes) is 2. The Morgan fingerprint density at radius 1 is 0.889 bits per heavy atom. The first kappa shape index (κ1) is 20.2. The molecule has 0 bridgehead atoms. The van der Waals surface area contributed by atoms with E-state index in [1.807, 2.05) is 7.11 Å². The molecular weight excluding hydrogens is 332 g/mol. The maximum Gasteiger partial charge on any atom is 0.0650 e. The number of hydrogen-bond donors (Lipinski definition) is 1. The molecule has 4 aliphatic rings. The van der Waals surface area contributed by atoms with Crippen molar-refractivity contribution in [2.45, 2.75) is 116 Å². The van der Waals surface area contributed by atoms with Crippen LogP contribution in [0, 0.1) is 34.5 Å². The van der Waals surface area contributed by atoms with E-state index >= 15 is 0 Å². The van der Waals surface area contributed by atoms with Gasteiger partial charge in [0.15, 0.2) is 0 Å². The highest BCUT2D eigenvalue weighted by molar-refractivity contribution is 5.10. The number of methoxy groups -OCH3 is 1. The van der Waals surface area contributed by atoms with Crippen LogP contribution in [-0.2, 0) is 4.74 Å². The fraction of sp³-hybridized carbons (Fsp3) is 1.00. The second kappa shape index (κ2) is 7.31. The topological polar surface area (TPSA) is 29.5 Å². The van der Waals surface area contributed by atoms with Gasteiger partial charge in [0.25, 0.3) is 0 Å². The highest BCUT2D eigenvalue weighted by Crippen LogP contribution is 2.67. The van der Waals surface area contributed by atoms with Crippen molar-refractivity contribution < 1.29 is 9.84 Å². The van der Waals surface area contributed by atoms with Crippen molar-refractivity contribution in [3.05, 3.63) is 0 Å². The van der Waals surface area contributed by atoms with Gasteiger partial charge in [-0.1, -0.05) is 40.0 Å². The minimum Gasteiger partial charge on any atom is -0.390 e. The summed E-state index contributed by atoms with van der Waals surface area (Å²) in [4.78, 5) is 0. The maximum absolute atomic E-state index is 11.3. The highest BCUT2D eigenvalue weighted by Gasteiger charge is 2.61. The molecule has 0 aromatic rings. The normalized spacial score (nSPS) is 52.1. The molecule has 0 amide bonds. The number of ether oxygens (including phenoxy) is 1. The third-order valence-electron chi connectivity index (χ3n) is 10.3. The molecule has 156 valence electrons. The van der Waals surface area contributed by atoms with Crippen molar-refractivity contribution in [1.82, 2.24) is 0 Å². The summed E-state index contributed by atoms with van der Waals surface area (Å²) in [5, 5.41) is 11.3. The van der Waals surface area contributed by atoms with Gasteiger partial charge in [-0.15, -0.1) is 0 Å². The summed E-state index contributed by atoms with van der Waals surface area (Å²) in [6, 6.07) is 0. The van der Waals surface area contributed by atoms with Crippen LogP contribution in [0.3, 0.4) is 0 Å². The molecule has 0 aromatic heterocycles. The Balaban J connectivity index is 1.48. The monoisotopic (exact) mass is 376 g/mol. The van der Waals surface area contributed by atoms with Gasteiger partial charge in [-0.3, -0.25) is 0 Å². The molecule has 2 nitrogen and oxygen atoms in total. The Hall–Kier alpha value is -0.0800. The Morgan fingerprint density at radius 2 is 1.67 bits per heavy atom. The van der Waals surface area contributed by atoms with E-state index < -0.39 is 0 Å². The molecule has 4 saturated carbocycles. The van der Waals surface area contributed by atoms with Gasteiger partial charge in [0.05, 0.1) is 11.7 Å². The first-order valence-electron chi connectivity index (χ1n) is 12.1. The van der Waals surface area contributed by atoms with E-state index in [0.29, 0.717) is 16.9 Å². The lowest BCUT2D eigenvalue weighted by Crippen LogP contribution is -2.56. The van der Waals surface area contributed by atoms with Gasteiger partial charge in [-0.05, 0) is 98.7 Å². The molecule has 4 rings (SSSR count). The van der Waals surface area contributed by atoms with Crippen LogP contribution in [0.25, 0.3) is 0 Å². The van der Waals surface area contributed by atoms with Crippen molar-refractivity contribution in [3.8, 4) is 0 Å². The van der Waals surface area contributed by atoms with Gasteiger partial charge in [0, 0.05) is 7.11 Å². The molecule has 4 unspecified atom stereocenters. The van der Waals surface area contributed by atoms with Crippen LogP contribution in [0.5, 0.6) is 0 Å². The quantitative estimate of drug-likeness (QED) is 0.566. The van der Waals surface area contributed by atoms with Gasteiger partial charge in [0.1, 0.15) is 0 Å². The van der Waals surface area contributed by atoms with Gasteiger partial charge in [0.2, 0.25) is 0 Å². The third-order valence-corrected chi connectivity index (χ3v) is 10.3. The molecule has 8 atom stereocenters. The zero-order chi connectivity index (χ0) is 19.3. The molecule has 0 radical (unpaired) electrons. The zero-order valence-electron chi connectivity index (χ0n) is 18.4. The molecule has 1 N–H and O–H groups in total. The van der Waals surface area contributed by atoms with Crippen molar-refractivity contribution in [2.24, 2.45) is 34.5 Å². The molecule has 27 heavy (non-hydrogen) atoms. The first-order valence-corrected chi connectivity index (χ1v) is 12.1. The molecule has 0 heterocycles. The number of aliphatic hydroxyl groups is 1. The fourth-order valence-corrected chi connectivity index (χ4v) is 8.59. The van der Waals surface area contributed by atoms with Crippen LogP contribution in [0.1, 0.15) is 104 Å². The average Bonchev–Trinajstić information content (AvgIpc) is 2.99. The molecule has 0 aliphatic heterocycles. The molecular formula is C25H44O2. The lowest BCUT2D eigenvalue weighted by molar-refractivity contribution is -0.158. The second-order valence-electron chi connectivity index (χ2n) is 11.4. The van der Waals surface area contributed by atoms with Crippen LogP contribution in [0.4, 0.5) is 0 Å². The summed E-state index contributed by atoms with van der Waals surface area (Å²) in [6.45, 7) is 7.42. The predicted octanol–water partition coefficient (Wildman–Crippen LogP) is 6.36. The van der Waals surface area contributed by atoms with E-state index in [1.54, 1.807) is 0 Å². The van der Waals surface area contributed by atoms with Gasteiger partial charge in [-0.25, -0.2) is 0 Å². The van der Waals surface area contributed by atoms with Crippen LogP contribution in [0.15, 0.2) is 0 Å². The number of fused-ring (bicyclic) bond motifs is 5. The molecule has 4 aliphatic carbocycles. The van der Waals surface area contributed by atoms with E-state index in [1.165, 1.54) is 64.2 Å². The van der Waals surface area contributed by atoms with Crippen molar-refractivity contribution in [1.29, 1.82) is 0 Å². The summed E-state index contributed by atoms with van der Waals surface area (Å²) in [7, 11) is 1.93. The molecule has 0 aromatic carbocycles. The van der Waals surface area contributed by atoms with Crippen molar-refractivity contribution >= 4 is 0 Å². The molecule has 0 saturated heterocycles. The number of rotatable bonds is 5. The molecule has 4 fully saturated rings. The first-order chi connectivity index (χ1) is 12.9. The SMILES string of the molecule is CCCCC[C@@]1(O)CC[C@@]2(C)C(CCC3C2CC[C@@]2(C)C3CC[C@@H]2OC)C1. The summed E-state index contributed by atoms with van der Waals surface area (Å²) < 4.78 is 5.94. The minimum atomic E-state index is -0.357. The minimum absolute atomic E-state index is 0.357. The maximum atomic E-state index is 11.3. The Morgan fingerprint density at radius 3 is 2.41 bits per heavy atom. The lowest BCUT2D eigenvalue weighted by atomic mass is 9.44. The fourth-order valence-electron chi connectivity index (χ4n) is 8.59. The summed E-state index contributed by atoms with van der Waals surface area (Å²) in [5.74, 6) is 3.44. The standard InChI is InChI=1S/C25H44O2/c1-5-6-7-13-25(26)16-15-23(2)18(17-25)8-9-19-20-10-11-22(27-4)24(20,3)14-12-21(19)23/h18-22,26H,5-17H2,1-4H3/t18?,19?,20?,21?,22-,23-,24-,25+/m0/s1. The Labute approximate surface area is 167 Å². The second-order valence-corrected chi connectivity index (χ2v) is 11.4. The van der Waals surface area contributed by atoms with Crippen LogP contribution >= 0.6 is 0 Å². The summed E-state index contributed by atoms with van der Waals surface area (Å²) >= 11 is 0. The van der Waals surface area contributed by atoms with Gasteiger partial charge >= 0.3 is 0 Å². The van der Waals surface area contributed by atoms with Gasteiger partial charge in [-0.2, -0.15) is 0 Å². The van der Waals surface area contributed by atoms with E-state index in [9.17, 15) is 5.11 Å². The van der Waals surface area contributed by atoms with Gasteiger partial charge < -0.3 is 9.84 Å². The lowest BCUT2D eigenvalue weighted by Gasteiger charge is -2.62.